The van der Waals surface area contributed by atoms with E-state index in [-0.39, 0.29) is 56.7 Å². The van der Waals surface area contributed by atoms with Crippen molar-refractivity contribution in [1.82, 2.24) is 30.1 Å². The minimum absolute atomic E-state index is 0.0127. The van der Waals surface area contributed by atoms with Gasteiger partial charge in [-0.1, -0.05) is 36.4 Å². The normalized spacial score (nSPS) is 18.3. The van der Waals surface area contributed by atoms with Crippen LogP contribution < -0.4 is 19.3 Å². The van der Waals surface area contributed by atoms with E-state index in [2.05, 4.69) is 21.4 Å². The van der Waals surface area contributed by atoms with Gasteiger partial charge in [-0.25, -0.2) is 19.4 Å². The summed E-state index contributed by atoms with van der Waals surface area (Å²) in [4.78, 5) is 67.7. The molecule has 15 nitrogen and oxygen atoms in total. The lowest BCUT2D eigenvalue weighted by Gasteiger charge is -2.55. The van der Waals surface area contributed by atoms with E-state index in [1.54, 1.807) is 58.6 Å². The number of benzene rings is 2. The molecule has 0 radical (unpaired) electrons. The first kappa shape index (κ1) is 34.4. The molecule has 0 aliphatic carbocycles. The number of ether oxygens (including phenoxy) is 2. The molecule has 3 N–H and O–H groups in total. The zero-order valence-corrected chi connectivity index (χ0v) is 27.4. The van der Waals surface area contributed by atoms with E-state index in [9.17, 15) is 28.7 Å². The van der Waals surface area contributed by atoms with E-state index in [4.69, 9.17) is 9.47 Å². The molecule has 5 rings (SSSR count). The lowest BCUT2D eigenvalue weighted by atomic mass is 9.98. The Labute approximate surface area is 277 Å². The summed E-state index contributed by atoms with van der Waals surface area (Å²) in [6.07, 6.45) is 2.37. The fourth-order valence-corrected chi connectivity index (χ4v) is 6.32. The van der Waals surface area contributed by atoms with Gasteiger partial charge in [-0.05, 0) is 35.9 Å². The highest BCUT2D eigenvalue weighted by molar-refractivity contribution is 7.46. The van der Waals surface area contributed by atoms with Crippen molar-refractivity contribution in [3.63, 3.8) is 0 Å². The molecule has 3 aromatic rings. The summed E-state index contributed by atoms with van der Waals surface area (Å²) in [5, 5.41) is 5.95. The summed E-state index contributed by atoms with van der Waals surface area (Å²) in [5.74, 6) is 0.165. The van der Waals surface area contributed by atoms with Gasteiger partial charge < -0.3 is 29.1 Å². The number of carbonyl (C=O) groups excluding carboxylic acids is 3. The Morgan fingerprint density at radius 1 is 1.08 bits per heavy atom. The fraction of sp³-hybridized carbons (Fsp3) is 0.312. The number of para-hydroxylation sites is 1. The molecule has 0 unspecified atom stereocenters. The number of phosphoric ester groups is 1. The number of pyridine rings is 1. The Morgan fingerprint density at radius 2 is 1.85 bits per heavy atom. The zero-order valence-electron chi connectivity index (χ0n) is 26.5. The number of hydrazine groups is 1. The van der Waals surface area contributed by atoms with Crippen LogP contribution >= 0.6 is 7.82 Å². The minimum atomic E-state index is -4.78. The lowest BCUT2D eigenvalue weighted by molar-refractivity contribution is -0.189. The van der Waals surface area contributed by atoms with Gasteiger partial charge in [0.15, 0.2) is 11.5 Å². The maximum Gasteiger partial charge on any atom is 0.524 e. The summed E-state index contributed by atoms with van der Waals surface area (Å²) in [5.41, 5.74) is 1.90. The Bertz CT molecular complexity index is 1690. The van der Waals surface area contributed by atoms with Crippen molar-refractivity contribution in [3.8, 4) is 17.2 Å². The number of aromatic nitrogens is 1. The van der Waals surface area contributed by atoms with Crippen LogP contribution in [0.25, 0.3) is 0 Å². The molecule has 4 amide bonds. The molecule has 16 heteroatoms. The van der Waals surface area contributed by atoms with Crippen LogP contribution in [0.5, 0.6) is 17.2 Å². The van der Waals surface area contributed by atoms with E-state index in [0.29, 0.717) is 28.3 Å². The van der Waals surface area contributed by atoms with Crippen molar-refractivity contribution in [3.05, 3.63) is 96.3 Å². The van der Waals surface area contributed by atoms with Crippen LogP contribution in [0, 0.1) is 0 Å². The van der Waals surface area contributed by atoms with Gasteiger partial charge in [-0.2, -0.15) is 0 Å². The maximum absolute atomic E-state index is 14.3. The average molecular weight is 681 g/mol. The molecular weight excluding hydrogens is 643 g/mol. The molecule has 2 atom stereocenters. The Hall–Kier alpha value is -4.95. The van der Waals surface area contributed by atoms with E-state index < -0.39 is 26.1 Å². The second-order valence-corrected chi connectivity index (χ2v) is 12.2. The number of amides is 4. The quantitative estimate of drug-likeness (QED) is 0.189. The van der Waals surface area contributed by atoms with Gasteiger partial charge in [-0.15, -0.1) is 6.58 Å². The van der Waals surface area contributed by atoms with E-state index in [1.807, 2.05) is 12.1 Å². The van der Waals surface area contributed by atoms with Crippen molar-refractivity contribution in [2.75, 3.05) is 33.9 Å². The average Bonchev–Trinajstić information content (AvgIpc) is 3.06. The molecular formula is C32H37N6O9P. The lowest BCUT2D eigenvalue weighted by Crippen LogP contribution is -2.76. The van der Waals surface area contributed by atoms with Gasteiger partial charge in [0.05, 0.1) is 39.5 Å². The molecule has 2 aliphatic rings. The minimum Gasteiger partial charge on any atom is -0.493 e. The number of methoxy groups -OCH3 is 2. The van der Waals surface area contributed by atoms with Crippen LogP contribution in [-0.2, 0) is 33.7 Å². The molecule has 2 aromatic carbocycles. The number of hydrogen-bond acceptors (Lipinski definition) is 9. The number of urea groups is 1. The number of rotatable bonds is 12. The number of phosphoric acid groups is 1. The Kier molecular flexibility index (Phi) is 10.6. The zero-order chi connectivity index (χ0) is 34.4. The molecule has 0 bridgehead atoms. The summed E-state index contributed by atoms with van der Waals surface area (Å²) in [7, 11) is -1.76. The second-order valence-electron chi connectivity index (χ2n) is 11.1. The predicted octanol–water partition coefficient (Wildman–Crippen LogP) is 2.31. The first-order valence-corrected chi connectivity index (χ1v) is 16.5. The summed E-state index contributed by atoms with van der Waals surface area (Å²) >= 11 is 0. The van der Waals surface area contributed by atoms with Gasteiger partial charge in [-0.3, -0.25) is 24.4 Å². The summed E-state index contributed by atoms with van der Waals surface area (Å²) < 4.78 is 27.1. The molecule has 1 aromatic heterocycles. The number of piperazine rings is 1. The van der Waals surface area contributed by atoms with Gasteiger partial charge in [0.2, 0.25) is 11.8 Å². The smallest absolute Gasteiger partial charge is 0.493 e. The molecule has 0 saturated carbocycles. The van der Waals surface area contributed by atoms with Gasteiger partial charge >= 0.3 is 13.9 Å². The highest BCUT2D eigenvalue weighted by Gasteiger charge is 2.51. The monoisotopic (exact) mass is 680 g/mol. The van der Waals surface area contributed by atoms with E-state index in [0.717, 1.165) is 0 Å². The first-order chi connectivity index (χ1) is 23.0. The first-order valence-electron chi connectivity index (χ1n) is 15.0. The van der Waals surface area contributed by atoms with E-state index >= 15 is 0 Å². The van der Waals surface area contributed by atoms with Crippen LogP contribution in [0.4, 0.5) is 4.79 Å². The third kappa shape index (κ3) is 7.77. The van der Waals surface area contributed by atoms with Crippen LogP contribution in [-0.4, -0.2) is 98.5 Å². The Balaban J connectivity index is 1.51. The topological polar surface area (TPSA) is 174 Å². The van der Waals surface area contributed by atoms with Gasteiger partial charge in [0.25, 0.3) is 0 Å². The molecule has 3 heterocycles. The number of carbonyl (C=O) groups is 3. The molecule has 2 fully saturated rings. The van der Waals surface area contributed by atoms with Crippen molar-refractivity contribution in [2.24, 2.45) is 0 Å². The van der Waals surface area contributed by atoms with Crippen molar-refractivity contribution < 1.29 is 42.7 Å². The highest BCUT2D eigenvalue weighted by atomic mass is 31.2. The number of hydrogen-bond donors (Lipinski definition) is 3. The predicted molar refractivity (Wildman–Crippen MR) is 172 cm³/mol. The molecule has 2 aliphatic heterocycles. The number of nitrogens with zero attached hydrogens (tertiary/aromatic N) is 5. The summed E-state index contributed by atoms with van der Waals surface area (Å²) in [6.45, 7) is 4.03. The van der Waals surface area contributed by atoms with Gasteiger partial charge in [0.1, 0.15) is 18.0 Å². The van der Waals surface area contributed by atoms with Gasteiger partial charge in [0, 0.05) is 31.3 Å². The molecule has 0 spiro atoms. The molecule has 2 saturated heterocycles. The second kappa shape index (κ2) is 14.9. The largest absolute Gasteiger partial charge is 0.524 e. The molecule has 48 heavy (non-hydrogen) atoms. The Morgan fingerprint density at radius 3 is 2.50 bits per heavy atom. The maximum atomic E-state index is 14.3. The van der Waals surface area contributed by atoms with Crippen LogP contribution in [0.15, 0.2) is 79.5 Å². The fourth-order valence-electron chi connectivity index (χ4n) is 5.92. The van der Waals surface area contributed by atoms with Crippen LogP contribution in [0.1, 0.15) is 16.8 Å². The van der Waals surface area contributed by atoms with Crippen molar-refractivity contribution >= 4 is 25.7 Å². The number of fused-ring (bicyclic) bond motifs is 1. The van der Waals surface area contributed by atoms with E-state index in [1.165, 1.54) is 36.3 Å². The summed E-state index contributed by atoms with van der Waals surface area (Å²) in [6, 6.07) is 15.1. The van der Waals surface area contributed by atoms with Crippen LogP contribution in [0.2, 0.25) is 0 Å². The third-order valence-electron chi connectivity index (χ3n) is 7.95. The SMILES string of the molecule is C=CCN1CC(=O)N2[C@@H](Cc3ccc(OP(=O)(O)O)cc3)C(=O)N(Cc3cccc(OC)c3OC)C[C@@H]2N1C(=O)NCc1ccccn1. The third-order valence-corrected chi connectivity index (χ3v) is 8.40. The standard InChI is InChI=1S/C32H37N6O9P/c1-4-16-36-21-29(39)37-26(17-22-11-13-25(14-12-22)47-48(42,43)44)31(40)35(19-23-8-7-10-27(45-2)30(23)46-3)20-28(37)38(36)32(41)34-18-24-9-5-6-15-33-24/h4-15,26,28H,1,16-21H2,2-3H3,(H,34,41)(H2,42,43,44)/t26-,28-/m0/s1. The van der Waals surface area contributed by atoms with Crippen LogP contribution in [0.3, 0.4) is 0 Å². The highest BCUT2D eigenvalue weighted by Crippen LogP contribution is 2.38. The van der Waals surface area contributed by atoms with Crippen molar-refractivity contribution in [1.29, 1.82) is 0 Å². The number of nitrogens with one attached hydrogen (secondary N) is 1. The van der Waals surface area contributed by atoms with Crippen molar-refractivity contribution in [2.45, 2.75) is 31.7 Å². The molecule has 254 valence electrons.